The zero-order chi connectivity index (χ0) is 13.8. The number of nitrogens with zero attached hydrogens (tertiary/aromatic N) is 2. The van der Waals surface area contributed by atoms with Crippen LogP contribution in [0.15, 0.2) is 34.9 Å². The smallest absolute Gasteiger partial charge is 0.123 e. The first-order valence-electron chi connectivity index (χ1n) is 6.50. The summed E-state index contributed by atoms with van der Waals surface area (Å²) in [4.78, 5) is 6.36. The average molecular weight is 260 g/mol. The minimum Gasteiger partial charge on any atom is -0.464 e. The molecule has 0 bridgehead atoms. The fraction of sp³-hybridized carbons (Fsp3) is 0.400. The van der Waals surface area contributed by atoms with Gasteiger partial charge in [-0.2, -0.15) is 0 Å². The number of pyridine rings is 1. The molecule has 0 spiro atoms. The molecule has 2 heterocycles. The van der Waals surface area contributed by atoms with Crippen molar-refractivity contribution in [1.29, 1.82) is 0 Å². The molecule has 2 aromatic rings. The van der Waals surface area contributed by atoms with Gasteiger partial charge in [-0.05, 0) is 37.6 Å². The highest BCUT2D eigenvalue weighted by atomic mass is 16.3. The topological polar surface area (TPSA) is 49.5 Å². The van der Waals surface area contributed by atoms with Crippen LogP contribution in [0, 0.1) is 6.92 Å². The molecule has 2 rings (SSSR count). The second kappa shape index (κ2) is 5.89. The number of aliphatic hydroxyl groups is 1. The Morgan fingerprint density at radius 1 is 1.32 bits per heavy atom. The molecule has 0 saturated heterocycles. The minimum atomic E-state index is -0.480. The van der Waals surface area contributed by atoms with E-state index in [0.29, 0.717) is 18.7 Å². The highest BCUT2D eigenvalue weighted by Crippen LogP contribution is 2.19. The maximum atomic E-state index is 9.71. The van der Waals surface area contributed by atoms with Gasteiger partial charge in [-0.3, -0.25) is 4.98 Å². The minimum absolute atomic E-state index is 0.480. The van der Waals surface area contributed by atoms with E-state index in [1.54, 1.807) is 6.20 Å². The van der Waals surface area contributed by atoms with Crippen LogP contribution in [0.3, 0.4) is 0 Å². The predicted molar refractivity (Wildman–Crippen MR) is 75.0 cm³/mol. The van der Waals surface area contributed by atoms with Gasteiger partial charge >= 0.3 is 0 Å². The lowest BCUT2D eigenvalue weighted by atomic mass is 10.2. The van der Waals surface area contributed by atoms with Crippen molar-refractivity contribution in [3.05, 3.63) is 47.7 Å². The molecule has 1 atom stereocenters. The monoisotopic (exact) mass is 260 g/mol. The lowest BCUT2D eigenvalue weighted by Gasteiger charge is -2.18. The third-order valence-corrected chi connectivity index (χ3v) is 3.13. The van der Waals surface area contributed by atoms with Crippen molar-refractivity contribution in [2.45, 2.75) is 32.9 Å². The largest absolute Gasteiger partial charge is 0.464 e. The molecule has 4 heteroatoms. The Morgan fingerprint density at radius 2 is 2.11 bits per heavy atom. The van der Waals surface area contributed by atoms with Crippen molar-refractivity contribution < 1.29 is 9.52 Å². The molecule has 1 unspecified atom stereocenters. The van der Waals surface area contributed by atoms with Crippen LogP contribution in [0.1, 0.15) is 36.7 Å². The van der Waals surface area contributed by atoms with Crippen LogP contribution in [0.5, 0.6) is 0 Å². The fourth-order valence-corrected chi connectivity index (χ4v) is 1.92. The maximum Gasteiger partial charge on any atom is 0.123 e. The third-order valence-electron chi connectivity index (χ3n) is 3.13. The van der Waals surface area contributed by atoms with E-state index in [9.17, 15) is 5.11 Å². The van der Waals surface area contributed by atoms with Crippen molar-refractivity contribution >= 4 is 5.69 Å². The number of furan rings is 1. The van der Waals surface area contributed by atoms with E-state index in [1.165, 1.54) is 0 Å². The van der Waals surface area contributed by atoms with Gasteiger partial charge < -0.3 is 14.4 Å². The number of hydrogen-bond donors (Lipinski definition) is 1. The predicted octanol–water partition coefficient (Wildman–Crippen LogP) is 3.06. The van der Waals surface area contributed by atoms with Crippen molar-refractivity contribution in [3.8, 4) is 0 Å². The number of hydrogen-bond acceptors (Lipinski definition) is 4. The Morgan fingerprint density at radius 3 is 2.63 bits per heavy atom. The molecule has 0 aliphatic heterocycles. The molecule has 4 nitrogen and oxygen atoms in total. The van der Waals surface area contributed by atoms with Crippen LogP contribution >= 0.6 is 0 Å². The van der Waals surface area contributed by atoms with Gasteiger partial charge in [0.05, 0.1) is 30.2 Å². The molecule has 0 amide bonds. The molecule has 102 valence electrons. The number of rotatable bonds is 5. The summed E-state index contributed by atoms with van der Waals surface area (Å²) in [6, 6.07) is 7.78. The summed E-state index contributed by atoms with van der Waals surface area (Å²) in [5.74, 6) is 1.85. The van der Waals surface area contributed by atoms with E-state index in [4.69, 9.17) is 4.42 Å². The van der Waals surface area contributed by atoms with Crippen LogP contribution in [-0.4, -0.2) is 17.1 Å². The Kier molecular flexibility index (Phi) is 4.22. The van der Waals surface area contributed by atoms with Gasteiger partial charge in [-0.25, -0.2) is 0 Å². The third kappa shape index (κ3) is 3.35. The van der Waals surface area contributed by atoms with Crippen LogP contribution in [0.25, 0.3) is 0 Å². The highest BCUT2D eigenvalue weighted by molar-refractivity contribution is 5.44. The molecule has 0 aromatic carbocycles. The first-order chi connectivity index (χ1) is 9.10. The van der Waals surface area contributed by atoms with Gasteiger partial charge in [0.15, 0.2) is 0 Å². The van der Waals surface area contributed by atoms with Gasteiger partial charge in [0.1, 0.15) is 11.5 Å². The zero-order valence-electron chi connectivity index (χ0n) is 11.6. The summed E-state index contributed by atoms with van der Waals surface area (Å²) in [6.07, 6.45) is 1.98. The number of aryl methyl sites for hydroxylation is 1. The quantitative estimate of drug-likeness (QED) is 0.897. The summed E-state index contributed by atoms with van der Waals surface area (Å²) in [7, 11) is 1.99. The Balaban J connectivity index is 2.05. The molecule has 19 heavy (non-hydrogen) atoms. The Bertz CT molecular complexity index is 519. The van der Waals surface area contributed by atoms with Crippen molar-refractivity contribution in [2.24, 2.45) is 0 Å². The summed E-state index contributed by atoms with van der Waals surface area (Å²) in [6.45, 7) is 4.57. The first-order valence-corrected chi connectivity index (χ1v) is 6.50. The molecule has 0 aliphatic rings. The van der Waals surface area contributed by atoms with Gasteiger partial charge in [0.2, 0.25) is 0 Å². The van der Waals surface area contributed by atoms with Crippen molar-refractivity contribution in [3.63, 3.8) is 0 Å². The van der Waals surface area contributed by atoms with Crippen molar-refractivity contribution in [2.75, 3.05) is 11.9 Å². The second-order valence-corrected chi connectivity index (χ2v) is 4.73. The summed E-state index contributed by atoms with van der Waals surface area (Å²) >= 11 is 0. The fourth-order valence-electron chi connectivity index (χ4n) is 1.92. The van der Waals surface area contributed by atoms with Gasteiger partial charge in [-0.1, -0.05) is 6.92 Å². The molecular weight excluding hydrogens is 240 g/mol. The van der Waals surface area contributed by atoms with Crippen LogP contribution < -0.4 is 4.90 Å². The van der Waals surface area contributed by atoms with Crippen LogP contribution in [-0.2, 0) is 6.54 Å². The maximum absolute atomic E-state index is 9.71. The SMILES string of the molecule is CCC(O)c1ccc(N(C)Cc2ccc(C)o2)cn1. The number of aromatic nitrogens is 1. The lowest BCUT2D eigenvalue weighted by molar-refractivity contribution is 0.169. The van der Waals surface area contributed by atoms with E-state index in [-0.39, 0.29) is 0 Å². The summed E-state index contributed by atoms with van der Waals surface area (Å²) in [5.41, 5.74) is 1.72. The summed E-state index contributed by atoms with van der Waals surface area (Å²) in [5, 5.41) is 9.71. The van der Waals surface area contributed by atoms with E-state index >= 15 is 0 Å². The van der Waals surface area contributed by atoms with E-state index in [0.717, 1.165) is 17.2 Å². The molecule has 0 fully saturated rings. The van der Waals surface area contributed by atoms with Gasteiger partial charge in [0.25, 0.3) is 0 Å². The molecule has 0 radical (unpaired) electrons. The standard InChI is InChI=1S/C15H20N2O2/c1-4-15(18)14-8-6-12(9-16-14)17(3)10-13-7-5-11(2)19-13/h5-9,15,18H,4,10H2,1-3H3. The zero-order valence-corrected chi connectivity index (χ0v) is 11.6. The van der Waals surface area contributed by atoms with Gasteiger partial charge in [-0.15, -0.1) is 0 Å². The van der Waals surface area contributed by atoms with Crippen LogP contribution in [0.4, 0.5) is 5.69 Å². The van der Waals surface area contributed by atoms with E-state index in [2.05, 4.69) is 9.88 Å². The highest BCUT2D eigenvalue weighted by Gasteiger charge is 2.09. The van der Waals surface area contributed by atoms with Crippen molar-refractivity contribution in [1.82, 2.24) is 4.98 Å². The molecule has 2 aromatic heterocycles. The normalized spacial score (nSPS) is 12.4. The Labute approximate surface area is 113 Å². The number of aliphatic hydroxyl groups excluding tert-OH is 1. The average Bonchev–Trinajstić information content (AvgIpc) is 2.83. The second-order valence-electron chi connectivity index (χ2n) is 4.73. The Hall–Kier alpha value is -1.81. The van der Waals surface area contributed by atoms with E-state index in [1.807, 2.05) is 45.2 Å². The first kappa shape index (κ1) is 13.6. The number of anilines is 1. The molecule has 0 saturated carbocycles. The van der Waals surface area contributed by atoms with E-state index < -0.39 is 6.10 Å². The molecular formula is C15H20N2O2. The summed E-state index contributed by atoms with van der Waals surface area (Å²) < 4.78 is 5.55. The van der Waals surface area contributed by atoms with Gasteiger partial charge in [0, 0.05) is 7.05 Å². The van der Waals surface area contributed by atoms with Crippen LogP contribution in [0.2, 0.25) is 0 Å². The molecule has 0 aliphatic carbocycles. The molecule has 1 N–H and O–H groups in total. The lowest BCUT2D eigenvalue weighted by Crippen LogP contribution is -2.16.